The second-order valence-electron chi connectivity index (χ2n) is 5.31. The highest BCUT2D eigenvalue weighted by molar-refractivity contribution is 7.89. The molecule has 0 amide bonds. The van der Waals surface area contributed by atoms with Gasteiger partial charge in [0.2, 0.25) is 10.0 Å². The number of rotatable bonds is 4. The van der Waals surface area contributed by atoms with E-state index >= 15 is 0 Å². The second kappa shape index (κ2) is 5.21. The minimum absolute atomic E-state index is 0.0488. The first kappa shape index (κ1) is 15.1. The lowest BCUT2D eigenvalue weighted by Crippen LogP contribution is -2.29. The average Bonchev–Trinajstić information content (AvgIpc) is 2.94. The fourth-order valence-corrected chi connectivity index (χ4v) is 4.75. The third kappa shape index (κ3) is 2.35. The van der Waals surface area contributed by atoms with Crippen molar-refractivity contribution in [1.29, 1.82) is 0 Å². The van der Waals surface area contributed by atoms with E-state index in [4.69, 9.17) is 5.11 Å². The van der Waals surface area contributed by atoms with Crippen LogP contribution < -0.4 is 0 Å². The zero-order valence-electron chi connectivity index (χ0n) is 11.9. The number of carboxylic acids is 1. The van der Waals surface area contributed by atoms with Gasteiger partial charge in [0.05, 0.1) is 0 Å². The van der Waals surface area contributed by atoms with Gasteiger partial charge in [0.25, 0.3) is 0 Å². The maximum absolute atomic E-state index is 12.7. The summed E-state index contributed by atoms with van der Waals surface area (Å²) < 4.78 is 26.8. The number of carbonyl (C=O) groups is 1. The van der Waals surface area contributed by atoms with E-state index in [0.29, 0.717) is 24.7 Å². The first-order chi connectivity index (χ1) is 9.28. The van der Waals surface area contributed by atoms with Gasteiger partial charge in [-0.1, -0.05) is 13.3 Å². The predicted octanol–water partition coefficient (Wildman–Crippen LogP) is 1.75. The molecule has 6 nitrogen and oxygen atoms in total. The lowest BCUT2D eigenvalue weighted by atomic mass is 10.1. The van der Waals surface area contributed by atoms with Crippen LogP contribution in [0.3, 0.4) is 0 Å². The molecule has 20 heavy (non-hydrogen) atoms. The summed E-state index contributed by atoms with van der Waals surface area (Å²) in [4.78, 5) is 13.9. The summed E-state index contributed by atoms with van der Waals surface area (Å²) in [6.45, 7) is 6.21. The largest absolute Gasteiger partial charge is 0.477 e. The van der Waals surface area contributed by atoms with Crippen LogP contribution in [-0.4, -0.2) is 41.9 Å². The van der Waals surface area contributed by atoms with Crippen LogP contribution in [0, 0.1) is 19.8 Å². The molecule has 1 aliphatic rings. The molecule has 0 aliphatic carbocycles. The summed E-state index contributed by atoms with van der Waals surface area (Å²) in [5, 5.41) is 9.07. The Morgan fingerprint density at radius 3 is 2.55 bits per heavy atom. The molecule has 0 radical (unpaired) electrons. The van der Waals surface area contributed by atoms with Gasteiger partial charge in [0.1, 0.15) is 10.6 Å². The summed E-state index contributed by atoms with van der Waals surface area (Å²) in [7, 11) is -3.62. The van der Waals surface area contributed by atoms with E-state index in [9.17, 15) is 13.2 Å². The number of nitrogens with one attached hydrogen (secondary N) is 1. The van der Waals surface area contributed by atoms with Crippen molar-refractivity contribution in [2.24, 2.45) is 5.92 Å². The summed E-state index contributed by atoms with van der Waals surface area (Å²) in [5.41, 5.74) is 0.627. The molecule has 1 saturated heterocycles. The minimum Gasteiger partial charge on any atom is -0.477 e. The molecule has 1 fully saturated rings. The molecule has 2 heterocycles. The predicted molar refractivity (Wildman–Crippen MR) is 74.4 cm³/mol. The van der Waals surface area contributed by atoms with Gasteiger partial charge in [-0.15, -0.1) is 0 Å². The Labute approximate surface area is 118 Å². The van der Waals surface area contributed by atoms with Crippen molar-refractivity contribution in [2.45, 2.75) is 38.5 Å². The van der Waals surface area contributed by atoms with E-state index in [1.165, 1.54) is 11.2 Å². The summed E-state index contributed by atoms with van der Waals surface area (Å²) in [5.74, 6) is -0.747. The quantitative estimate of drug-likeness (QED) is 0.886. The van der Waals surface area contributed by atoms with E-state index in [0.717, 1.165) is 12.8 Å². The SMILES string of the molecule is CCC1CCN(S(=O)(=O)c2c(C)[nH]c(C(=O)O)c2C)C1. The smallest absolute Gasteiger partial charge is 0.352 e. The highest BCUT2D eigenvalue weighted by Crippen LogP contribution is 2.30. The molecule has 0 spiro atoms. The number of carboxylic acid groups (broad SMARTS) is 1. The van der Waals surface area contributed by atoms with Gasteiger partial charge in [0, 0.05) is 24.3 Å². The van der Waals surface area contributed by atoms with E-state index in [2.05, 4.69) is 11.9 Å². The zero-order valence-corrected chi connectivity index (χ0v) is 12.7. The Balaban J connectivity index is 2.43. The molecule has 0 saturated carbocycles. The highest BCUT2D eigenvalue weighted by atomic mass is 32.2. The minimum atomic E-state index is -3.62. The Hall–Kier alpha value is -1.34. The monoisotopic (exact) mass is 300 g/mol. The third-order valence-corrected chi connectivity index (χ3v) is 6.15. The number of aromatic carboxylic acids is 1. The normalized spacial score (nSPS) is 20.4. The number of H-pyrrole nitrogens is 1. The second-order valence-corrected chi connectivity index (χ2v) is 7.19. The first-order valence-corrected chi connectivity index (χ1v) is 8.15. The topological polar surface area (TPSA) is 90.5 Å². The third-order valence-electron chi connectivity index (χ3n) is 4.01. The molecular formula is C13H20N2O4S. The van der Waals surface area contributed by atoms with Gasteiger partial charge >= 0.3 is 5.97 Å². The summed E-state index contributed by atoms with van der Waals surface area (Å²) in [6.07, 6.45) is 1.82. The number of hydrogen-bond donors (Lipinski definition) is 2. The standard InChI is InChI=1S/C13H20N2O4S/c1-4-10-5-6-15(7-10)20(18,19)12-8(2)11(13(16)17)14-9(12)3/h10,14H,4-7H2,1-3H3,(H,16,17). The van der Waals surface area contributed by atoms with Crippen molar-refractivity contribution in [2.75, 3.05) is 13.1 Å². The van der Waals surface area contributed by atoms with Gasteiger partial charge in [-0.05, 0) is 26.2 Å². The molecule has 1 aromatic rings. The number of aromatic amines is 1. The molecule has 1 aromatic heterocycles. The van der Waals surface area contributed by atoms with Crippen LogP contribution in [0.2, 0.25) is 0 Å². The maximum Gasteiger partial charge on any atom is 0.352 e. The van der Waals surface area contributed by atoms with Gasteiger partial charge < -0.3 is 10.1 Å². The van der Waals surface area contributed by atoms with Crippen molar-refractivity contribution >= 4 is 16.0 Å². The average molecular weight is 300 g/mol. The van der Waals surface area contributed by atoms with Gasteiger partial charge in [-0.2, -0.15) is 4.31 Å². The Morgan fingerprint density at radius 2 is 2.10 bits per heavy atom. The van der Waals surface area contributed by atoms with E-state index in [1.807, 2.05) is 0 Å². The lowest BCUT2D eigenvalue weighted by molar-refractivity contribution is 0.0690. The van der Waals surface area contributed by atoms with Crippen LogP contribution >= 0.6 is 0 Å². The highest BCUT2D eigenvalue weighted by Gasteiger charge is 2.35. The number of aromatic nitrogens is 1. The number of hydrogen-bond acceptors (Lipinski definition) is 3. The zero-order chi connectivity index (χ0) is 15.1. The molecule has 0 aromatic carbocycles. The molecule has 1 aliphatic heterocycles. The van der Waals surface area contributed by atoms with Crippen LogP contribution in [-0.2, 0) is 10.0 Å². The van der Waals surface area contributed by atoms with Gasteiger partial charge in [0.15, 0.2) is 0 Å². The maximum atomic E-state index is 12.7. The van der Waals surface area contributed by atoms with Crippen molar-refractivity contribution in [3.05, 3.63) is 17.0 Å². The summed E-state index contributed by atoms with van der Waals surface area (Å²) >= 11 is 0. The first-order valence-electron chi connectivity index (χ1n) is 6.71. The van der Waals surface area contributed by atoms with Crippen molar-refractivity contribution < 1.29 is 18.3 Å². The molecule has 1 atom stereocenters. The lowest BCUT2D eigenvalue weighted by Gasteiger charge is -2.17. The molecule has 2 rings (SSSR count). The number of aryl methyl sites for hydroxylation is 1. The van der Waals surface area contributed by atoms with Gasteiger partial charge in [-0.25, -0.2) is 13.2 Å². The van der Waals surface area contributed by atoms with Crippen LogP contribution in [0.4, 0.5) is 0 Å². The van der Waals surface area contributed by atoms with Crippen LogP contribution in [0.1, 0.15) is 41.5 Å². The molecule has 112 valence electrons. The van der Waals surface area contributed by atoms with E-state index in [1.54, 1.807) is 6.92 Å². The summed E-state index contributed by atoms with van der Waals surface area (Å²) in [6, 6.07) is 0. The number of nitrogens with zero attached hydrogens (tertiary/aromatic N) is 1. The molecule has 2 N–H and O–H groups in total. The molecule has 1 unspecified atom stereocenters. The Kier molecular flexibility index (Phi) is 3.93. The molecule has 7 heteroatoms. The number of sulfonamides is 1. The van der Waals surface area contributed by atoms with Crippen LogP contribution in [0.25, 0.3) is 0 Å². The van der Waals surface area contributed by atoms with Crippen molar-refractivity contribution in [3.63, 3.8) is 0 Å². The Morgan fingerprint density at radius 1 is 1.45 bits per heavy atom. The van der Waals surface area contributed by atoms with Crippen LogP contribution in [0.15, 0.2) is 4.90 Å². The van der Waals surface area contributed by atoms with Crippen molar-refractivity contribution in [1.82, 2.24) is 9.29 Å². The fourth-order valence-electron chi connectivity index (χ4n) is 2.81. The molecule has 0 bridgehead atoms. The Bertz CT molecular complexity index is 633. The van der Waals surface area contributed by atoms with Crippen LogP contribution in [0.5, 0.6) is 0 Å². The van der Waals surface area contributed by atoms with E-state index in [-0.39, 0.29) is 16.2 Å². The van der Waals surface area contributed by atoms with E-state index < -0.39 is 16.0 Å². The van der Waals surface area contributed by atoms with Gasteiger partial charge in [-0.3, -0.25) is 0 Å². The van der Waals surface area contributed by atoms with Crippen molar-refractivity contribution in [3.8, 4) is 0 Å². The fraction of sp³-hybridized carbons (Fsp3) is 0.615. The molecular weight excluding hydrogens is 280 g/mol.